The van der Waals surface area contributed by atoms with E-state index in [0.717, 1.165) is 5.92 Å². The van der Waals surface area contributed by atoms with E-state index in [1.165, 1.54) is 51.7 Å². The summed E-state index contributed by atoms with van der Waals surface area (Å²) in [7, 11) is 0. The number of unbranched alkanes of at least 4 members (excludes halogenated alkanes) is 1. The zero-order valence-corrected chi connectivity index (χ0v) is 13.3. The van der Waals surface area contributed by atoms with Crippen LogP contribution in [0.4, 0.5) is 0 Å². The molecule has 0 radical (unpaired) electrons. The first-order valence-corrected chi connectivity index (χ1v) is 7.96. The standard InChI is InChI=1S/C16H34N2/c1-6-8-9-14-10-12-18(11-7-2)13-15(14)17-16(3,4)5/h14-15,17H,6-13H2,1-5H3/t14-,15-/m1/s1. The van der Waals surface area contributed by atoms with Gasteiger partial charge in [0, 0.05) is 18.1 Å². The van der Waals surface area contributed by atoms with E-state index in [-0.39, 0.29) is 5.54 Å². The largest absolute Gasteiger partial charge is 0.308 e. The Balaban J connectivity index is 2.55. The van der Waals surface area contributed by atoms with E-state index in [0.29, 0.717) is 6.04 Å². The normalized spacial score (nSPS) is 26.5. The third-order valence-corrected chi connectivity index (χ3v) is 3.93. The second-order valence-electron chi connectivity index (χ2n) is 6.99. The first-order chi connectivity index (χ1) is 8.46. The van der Waals surface area contributed by atoms with Crippen LogP contribution in [0.25, 0.3) is 0 Å². The Labute approximate surface area is 115 Å². The summed E-state index contributed by atoms with van der Waals surface area (Å²) in [5.41, 5.74) is 0.240. The molecule has 0 aliphatic carbocycles. The zero-order valence-electron chi connectivity index (χ0n) is 13.3. The summed E-state index contributed by atoms with van der Waals surface area (Å²) < 4.78 is 0. The summed E-state index contributed by atoms with van der Waals surface area (Å²) in [6.45, 7) is 15.3. The highest BCUT2D eigenvalue weighted by atomic mass is 15.2. The molecular formula is C16H34N2. The van der Waals surface area contributed by atoms with Crippen molar-refractivity contribution in [2.45, 2.75) is 78.3 Å². The molecule has 1 N–H and O–H groups in total. The molecule has 0 amide bonds. The molecule has 0 aromatic rings. The van der Waals surface area contributed by atoms with Gasteiger partial charge in [-0.2, -0.15) is 0 Å². The van der Waals surface area contributed by atoms with Crippen molar-refractivity contribution < 1.29 is 0 Å². The predicted octanol–water partition coefficient (Wildman–Crippen LogP) is 3.67. The highest BCUT2D eigenvalue weighted by Gasteiger charge is 2.30. The van der Waals surface area contributed by atoms with E-state index in [4.69, 9.17) is 0 Å². The van der Waals surface area contributed by atoms with Crippen LogP contribution >= 0.6 is 0 Å². The average Bonchev–Trinajstić information content (AvgIpc) is 2.26. The molecule has 108 valence electrons. The number of piperidine rings is 1. The molecule has 0 spiro atoms. The van der Waals surface area contributed by atoms with Crippen LogP contribution in [-0.2, 0) is 0 Å². The van der Waals surface area contributed by atoms with E-state index in [2.05, 4.69) is 44.8 Å². The van der Waals surface area contributed by atoms with Crippen LogP contribution in [0.5, 0.6) is 0 Å². The second kappa shape index (κ2) is 7.49. The topological polar surface area (TPSA) is 15.3 Å². The lowest BCUT2D eigenvalue weighted by Crippen LogP contribution is -2.56. The average molecular weight is 254 g/mol. The summed E-state index contributed by atoms with van der Waals surface area (Å²) in [6, 6.07) is 0.692. The summed E-state index contributed by atoms with van der Waals surface area (Å²) in [6.07, 6.45) is 6.79. The monoisotopic (exact) mass is 254 g/mol. The van der Waals surface area contributed by atoms with Gasteiger partial charge in [0.15, 0.2) is 0 Å². The lowest BCUT2D eigenvalue weighted by molar-refractivity contribution is 0.117. The molecule has 0 saturated carbocycles. The number of hydrogen-bond donors (Lipinski definition) is 1. The fourth-order valence-corrected chi connectivity index (χ4v) is 3.12. The molecule has 1 aliphatic heterocycles. The van der Waals surface area contributed by atoms with Crippen LogP contribution in [0.1, 0.15) is 66.7 Å². The molecule has 1 heterocycles. The van der Waals surface area contributed by atoms with Gasteiger partial charge in [-0.1, -0.05) is 26.7 Å². The van der Waals surface area contributed by atoms with E-state index in [1.54, 1.807) is 0 Å². The van der Waals surface area contributed by atoms with Gasteiger partial charge in [0.25, 0.3) is 0 Å². The molecule has 2 atom stereocenters. The lowest BCUT2D eigenvalue weighted by atomic mass is 9.85. The van der Waals surface area contributed by atoms with Crippen molar-refractivity contribution in [2.24, 2.45) is 5.92 Å². The molecule has 1 rings (SSSR count). The highest BCUT2D eigenvalue weighted by molar-refractivity contribution is 4.89. The number of nitrogens with zero attached hydrogens (tertiary/aromatic N) is 1. The van der Waals surface area contributed by atoms with Crippen molar-refractivity contribution in [3.8, 4) is 0 Å². The molecule has 0 aromatic heterocycles. The minimum atomic E-state index is 0.240. The Morgan fingerprint density at radius 2 is 1.89 bits per heavy atom. The van der Waals surface area contributed by atoms with Crippen molar-refractivity contribution in [3.63, 3.8) is 0 Å². The van der Waals surface area contributed by atoms with Crippen molar-refractivity contribution in [2.75, 3.05) is 19.6 Å². The van der Waals surface area contributed by atoms with Crippen molar-refractivity contribution >= 4 is 0 Å². The Morgan fingerprint density at radius 3 is 2.44 bits per heavy atom. The quantitative estimate of drug-likeness (QED) is 0.778. The van der Waals surface area contributed by atoms with E-state index in [1.807, 2.05) is 0 Å². The highest BCUT2D eigenvalue weighted by Crippen LogP contribution is 2.25. The number of likely N-dealkylation sites (tertiary alicyclic amines) is 1. The van der Waals surface area contributed by atoms with E-state index >= 15 is 0 Å². The first kappa shape index (κ1) is 16.0. The number of rotatable bonds is 6. The lowest BCUT2D eigenvalue weighted by Gasteiger charge is -2.42. The fraction of sp³-hybridized carbons (Fsp3) is 1.00. The first-order valence-electron chi connectivity index (χ1n) is 7.96. The Bertz CT molecular complexity index is 220. The van der Waals surface area contributed by atoms with Crippen molar-refractivity contribution in [3.05, 3.63) is 0 Å². The number of nitrogens with one attached hydrogen (secondary N) is 1. The van der Waals surface area contributed by atoms with E-state index < -0.39 is 0 Å². The molecule has 0 bridgehead atoms. The van der Waals surface area contributed by atoms with Gasteiger partial charge in [-0.25, -0.2) is 0 Å². The Morgan fingerprint density at radius 1 is 1.17 bits per heavy atom. The van der Waals surface area contributed by atoms with Crippen LogP contribution in [-0.4, -0.2) is 36.1 Å². The molecule has 0 aromatic carbocycles. The summed E-state index contributed by atoms with van der Waals surface area (Å²) in [5.74, 6) is 0.886. The van der Waals surface area contributed by atoms with Crippen LogP contribution < -0.4 is 5.32 Å². The molecule has 2 heteroatoms. The van der Waals surface area contributed by atoms with Gasteiger partial charge in [-0.3, -0.25) is 0 Å². The third-order valence-electron chi connectivity index (χ3n) is 3.93. The van der Waals surface area contributed by atoms with Gasteiger partial charge in [0.2, 0.25) is 0 Å². The molecule has 1 fully saturated rings. The van der Waals surface area contributed by atoms with E-state index in [9.17, 15) is 0 Å². The maximum atomic E-state index is 3.86. The van der Waals surface area contributed by atoms with Crippen LogP contribution in [0, 0.1) is 5.92 Å². The minimum absolute atomic E-state index is 0.240. The Hall–Kier alpha value is -0.0800. The fourth-order valence-electron chi connectivity index (χ4n) is 3.12. The third kappa shape index (κ3) is 5.71. The second-order valence-corrected chi connectivity index (χ2v) is 6.99. The molecular weight excluding hydrogens is 220 g/mol. The van der Waals surface area contributed by atoms with Crippen LogP contribution in [0.2, 0.25) is 0 Å². The van der Waals surface area contributed by atoms with Crippen molar-refractivity contribution in [1.82, 2.24) is 10.2 Å². The predicted molar refractivity (Wildman–Crippen MR) is 81.0 cm³/mol. The number of hydrogen-bond acceptors (Lipinski definition) is 2. The van der Waals surface area contributed by atoms with Crippen LogP contribution in [0.3, 0.4) is 0 Å². The molecule has 1 aliphatic rings. The van der Waals surface area contributed by atoms with Gasteiger partial charge >= 0.3 is 0 Å². The maximum Gasteiger partial charge on any atom is 0.0228 e. The zero-order chi connectivity index (χ0) is 13.6. The molecule has 0 unspecified atom stereocenters. The maximum absolute atomic E-state index is 3.86. The van der Waals surface area contributed by atoms with Gasteiger partial charge in [0.05, 0.1) is 0 Å². The molecule has 1 saturated heterocycles. The van der Waals surface area contributed by atoms with Gasteiger partial charge in [0.1, 0.15) is 0 Å². The van der Waals surface area contributed by atoms with Gasteiger partial charge in [-0.15, -0.1) is 0 Å². The van der Waals surface area contributed by atoms with Gasteiger partial charge in [-0.05, 0) is 59.0 Å². The Kier molecular flexibility index (Phi) is 6.65. The van der Waals surface area contributed by atoms with Gasteiger partial charge < -0.3 is 10.2 Å². The molecule has 2 nitrogen and oxygen atoms in total. The summed E-state index contributed by atoms with van der Waals surface area (Å²) in [4.78, 5) is 2.64. The molecule has 18 heavy (non-hydrogen) atoms. The SMILES string of the molecule is CCCC[C@@H]1CCN(CCC)C[C@H]1NC(C)(C)C. The smallest absolute Gasteiger partial charge is 0.0228 e. The van der Waals surface area contributed by atoms with Crippen LogP contribution in [0.15, 0.2) is 0 Å². The summed E-state index contributed by atoms with van der Waals surface area (Å²) >= 11 is 0. The minimum Gasteiger partial charge on any atom is -0.308 e. The van der Waals surface area contributed by atoms with Crippen molar-refractivity contribution in [1.29, 1.82) is 0 Å². The summed E-state index contributed by atoms with van der Waals surface area (Å²) in [5, 5.41) is 3.86.